The Bertz CT molecular complexity index is 245. The molecule has 0 saturated carbocycles. The molecule has 2 unspecified atom stereocenters. The van der Waals surface area contributed by atoms with Crippen molar-refractivity contribution in [2.45, 2.75) is 19.8 Å². The molecule has 0 spiro atoms. The number of likely N-dealkylation sites (tertiary alicyclic amines) is 1. The Morgan fingerprint density at radius 1 is 1.44 bits per heavy atom. The van der Waals surface area contributed by atoms with E-state index in [2.05, 4.69) is 12.2 Å². The zero-order chi connectivity index (χ0) is 11.4. The van der Waals surface area contributed by atoms with E-state index in [4.69, 9.17) is 4.74 Å². The van der Waals surface area contributed by atoms with Gasteiger partial charge >= 0.3 is 0 Å². The van der Waals surface area contributed by atoms with Gasteiger partial charge in [-0.25, -0.2) is 0 Å². The molecule has 2 aliphatic heterocycles. The lowest BCUT2D eigenvalue weighted by molar-refractivity contribution is -0.138. The van der Waals surface area contributed by atoms with E-state index in [0.29, 0.717) is 12.5 Å². The fourth-order valence-electron chi connectivity index (χ4n) is 2.66. The molecule has 92 valence electrons. The highest BCUT2D eigenvalue weighted by Crippen LogP contribution is 2.26. The van der Waals surface area contributed by atoms with Crippen LogP contribution in [0.15, 0.2) is 0 Å². The minimum Gasteiger partial charge on any atom is -0.372 e. The minimum atomic E-state index is 0.166. The van der Waals surface area contributed by atoms with E-state index in [-0.39, 0.29) is 12.5 Å². The molecule has 0 radical (unpaired) electrons. The summed E-state index contributed by atoms with van der Waals surface area (Å²) >= 11 is 0. The predicted molar refractivity (Wildman–Crippen MR) is 62.2 cm³/mol. The van der Waals surface area contributed by atoms with Crippen molar-refractivity contribution < 1.29 is 9.53 Å². The Morgan fingerprint density at radius 2 is 2.25 bits per heavy atom. The third-order valence-electron chi connectivity index (χ3n) is 3.63. The molecule has 0 aromatic rings. The molecule has 4 nitrogen and oxygen atoms in total. The van der Waals surface area contributed by atoms with E-state index >= 15 is 0 Å². The third kappa shape index (κ3) is 2.74. The Kier molecular flexibility index (Phi) is 4.18. The lowest BCUT2D eigenvalue weighted by atomic mass is 9.89. The van der Waals surface area contributed by atoms with E-state index in [9.17, 15) is 4.79 Å². The summed E-state index contributed by atoms with van der Waals surface area (Å²) in [4.78, 5) is 13.8. The topological polar surface area (TPSA) is 41.6 Å². The quantitative estimate of drug-likeness (QED) is 0.709. The molecule has 2 aliphatic rings. The molecule has 16 heavy (non-hydrogen) atoms. The predicted octanol–water partition coefficient (Wildman–Crippen LogP) is 0.481. The standard InChI is InChI=1S/C12H22N2O2/c1-2-5-16-9-12(15)14-4-3-10-6-13-7-11(10)8-14/h10-11,13H,2-9H2,1H3. The number of nitrogens with zero attached hydrogens (tertiary/aromatic N) is 1. The number of ether oxygens (including phenoxy) is 1. The highest BCUT2D eigenvalue weighted by atomic mass is 16.5. The van der Waals surface area contributed by atoms with Gasteiger partial charge in [0.1, 0.15) is 6.61 Å². The van der Waals surface area contributed by atoms with Gasteiger partial charge in [-0.3, -0.25) is 4.79 Å². The largest absolute Gasteiger partial charge is 0.372 e. The van der Waals surface area contributed by atoms with Crippen molar-refractivity contribution in [3.63, 3.8) is 0 Å². The van der Waals surface area contributed by atoms with E-state index in [1.165, 1.54) is 0 Å². The number of piperidine rings is 1. The maximum absolute atomic E-state index is 11.8. The van der Waals surface area contributed by atoms with Gasteiger partial charge in [0.05, 0.1) is 0 Å². The number of fused-ring (bicyclic) bond motifs is 1. The molecule has 2 fully saturated rings. The van der Waals surface area contributed by atoms with Crippen molar-refractivity contribution >= 4 is 5.91 Å². The van der Waals surface area contributed by atoms with Crippen molar-refractivity contribution in [3.8, 4) is 0 Å². The van der Waals surface area contributed by atoms with Crippen molar-refractivity contribution in [2.75, 3.05) is 39.4 Å². The molecule has 0 bridgehead atoms. The molecule has 0 aromatic carbocycles. The summed E-state index contributed by atoms with van der Waals surface area (Å²) < 4.78 is 5.30. The van der Waals surface area contributed by atoms with Gasteiger partial charge in [0.15, 0.2) is 0 Å². The first-order valence-corrected chi connectivity index (χ1v) is 6.37. The maximum atomic E-state index is 11.8. The average molecular weight is 226 g/mol. The fraction of sp³-hybridized carbons (Fsp3) is 0.917. The van der Waals surface area contributed by atoms with Crippen LogP contribution in [0.4, 0.5) is 0 Å². The van der Waals surface area contributed by atoms with Gasteiger partial charge in [-0.15, -0.1) is 0 Å². The summed E-state index contributed by atoms with van der Waals surface area (Å²) in [6, 6.07) is 0. The third-order valence-corrected chi connectivity index (χ3v) is 3.63. The molecule has 1 amide bonds. The molecule has 0 aromatic heterocycles. The summed E-state index contributed by atoms with van der Waals surface area (Å²) in [5.41, 5.74) is 0. The van der Waals surface area contributed by atoms with Crippen molar-refractivity contribution in [1.29, 1.82) is 0 Å². The second-order valence-electron chi connectivity index (χ2n) is 4.86. The van der Waals surface area contributed by atoms with E-state index in [1.54, 1.807) is 0 Å². The number of carbonyl (C=O) groups is 1. The molecular weight excluding hydrogens is 204 g/mol. The van der Waals surface area contributed by atoms with Crippen LogP contribution in [0.3, 0.4) is 0 Å². The molecule has 4 heteroatoms. The molecule has 1 N–H and O–H groups in total. The SMILES string of the molecule is CCCOCC(=O)N1CCC2CNCC2C1. The highest BCUT2D eigenvalue weighted by Gasteiger charge is 2.34. The monoisotopic (exact) mass is 226 g/mol. The van der Waals surface area contributed by atoms with E-state index in [1.807, 2.05) is 4.90 Å². The van der Waals surface area contributed by atoms with Gasteiger partial charge in [-0.2, -0.15) is 0 Å². The normalized spacial score (nSPS) is 29.2. The van der Waals surface area contributed by atoms with Crippen LogP contribution in [-0.2, 0) is 9.53 Å². The van der Waals surface area contributed by atoms with Crippen LogP contribution in [0.5, 0.6) is 0 Å². The lowest BCUT2D eigenvalue weighted by Crippen LogP contribution is -2.44. The number of rotatable bonds is 4. The van der Waals surface area contributed by atoms with Crippen molar-refractivity contribution in [1.82, 2.24) is 10.2 Å². The Hall–Kier alpha value is -0.610. The van der Waals surface area contributed by atoms with Crippen LogP contribution in [0.2, 0.25) is 0 Å². The molecule has 2 saturated heterocycles. The zero-order valence-electron chi connectivity index (χ0n) is 10.1. The molecular formula is C12H22N2O2. The minimum absolute atomic E-state index is 0.166. The molecule has 2 rings (SSSR count). The van der Waals surface area contributed by atoms with Crippen molar-refractivity contribution in [2.24, 2.45) is 11.8 Å². The number of hydrogen-bond acceptors (Lipinski definition) is 3. The summed E-state index contributed by atoms with van der Waals surface area (Å²) in [5.74, 6) is 1.63. The second-order valence-corrected chi connectivity index (χ2v) is 4.86. The van der Waals surface area contributed by atoms with Crippen LogP contribution >= 0.6 is 0 Å². The van der Waals surface area contributed by atoms with E-state index in [0.717, 1.165) is 44.9 Å². The maximum Gasteiger partial charge on any atom is 0.248 e. The molecule has 0 aliphatic carbocycles. The smallest absolute Gasteiger partial charge is 0.248 e. The van der Waals surface area contributed by atoms with Gasteiger partial charge in [0, 0.05) is 19.7 Å². The van der Waals surface area contributed by atoms with Crippen LogP contribution in [0.25, 0.3) is 0 Å². The fourth-order valence-corrected chi connectivity index (χ4v) is 2.66. The molecule has 2 atom stereocenters. The van der Waals surface area contributed by atoms with Crippen molar-refractivity contribution in [3.05, 3.63) is 0 Å². The first-order valence-electron chi connectivity index (χ1n) is 6.37. The Labute approximate surface area is 97.3 Å². The first-order chi connectivity index (χ1) is 7.81. The zero-order valence-corrected chi connectivity index (χ0v) is 10.1. The highest BCUT2D eigenvalue weighted by molar-refractivity contribution is 5.77. The average Bonchev–Trinajstić information content (AvgIpc) is 2.76. The summed E-state index contributed by atoms with van der Waals surface area (Å²) in [6.45, 7) is 7.05. The van der Waals surface area contributed by atoms with Crippen LogP contribution < -0.4 is 5.32 Å². The number of amides is 1. The lowest BCUT2D eigenvalue weighted by Gasteiger charge is -2.34. The van der Waals surface area contributed by atoms with Crippen LogP contribution in [-0.4, -0.2) is 50.2 Å². The summed E-state index contributed by atoms with van der Waals surface area (Å²) in [5, 5.41) is 3.41. The second kappa shape index (κ2) is 5.64. The number of hydrogen-bond donors (Lipinski definition) is 1. The van der Waals surface area contributed by atoms with Gasteiger partial charge in [-0.1, -0.05) is 6.92 Å². The van der Waals surface area contributed by atoms with Crippen LogP contribution in [0, 0.1) is 11.8 Å². The van der Waals surface area contributed by atoms with Gasteiger partial charge < -0.3 is 15.0 Å². The van der Waals surface area contributed by atoms with Crippen LogP contribution in [0.1, 0.15) is 19.8 Å². The summed E-state index contributed by atoms with van der Waals surface area (Å²) in [7, 11) is 0. The Balaban J connectivity index is 1.75. The number of nitrogens with one attached hydrogen (secondary N) is 1. The van der Waals surface area contributed by atoms with Gasteiger partial charge in [0.2, 0.25) is 5.91 Å². The molecule has 2 heterocycles. The van der Waals surface area contributed by atoms with Gasteiger partial charge in [-0.05, 0) is 37.8 Å². The first kappa shape index (κ1) is 11.9. The Morgan fingerprint density at radius 3 is 3.06 bits per heavy atom. The van der Waals surface area contributed by atoms with E-state index < -0.39 is 0 Å². The van der Waals surface area contributed by atoms with Gasteiger partial charge in [0.25, 0.3) is 0 Å². The summed E-state index contributed by atoms with van der Waals surface area (Å²) in [6.07, 6.45) is 2.12. The number of carbonyl (C=O) groups excluding carboxylic acids is 1.